The zero-order chi connectivity index (χ0) is 22.8. The monoisotopic (exact) mass is 463 g/mol. The van der Waals surface area contributed by atoms with Crippen LogP contribution < -0.4 is 5.56 Å². The third kappa shape index (κ3) is 5.33. The number of aromatic hydroxyl groups is 1. The van der Waals surface area contributed by atoms with Crippen LogP contribution in [0.3, 0.4) is 0 Å². The number of unbranched alkanes of at least 4 members (excludes halogenated alkanes) is 1. The van der Waals surface area contributed by atoms with E-state index in [1.54, 1.807) is 0 Å². The van der Waals surface area contributed by atoms with Crippen molar-refractivity contribution < 1.29 is 14.6 Å². The van der Waals surface area contributed by atoms with Gasteiger partial charge in [0.1, 0.15) is 10.6 Å². The summed E-state index contributed by atoms with van der Waals surface area (Å²) >= 11 is 6.31. The van der Waals surface area contributed by atoms with Crippen molar-refractivity contribution >= 4 is 40.7 Å². The summed E-state index contributed by atoms with van der Waals surface area (Å²) in [7, 11) is 0. The molecule has 7 nitrogen and oxygen atoms in total. The normalized spacial score (nSPS) is 16.5. The largest absolute Gasteiger partial charge is 0.494 e. The number of aliphatic imine (C=N–C) groups is 1. The van der Waals surface area contributed by atoms with Crippen LogP contribution in [0.5, 0.6) is 5.88 Å². The minimum atomic E-state index is -0.550. The maximum atomic E-state index is 12.9. The van der Waals surface area contributed by atoms with Crippen molar-refractivity contribution in [3.05, 3.63) is 36.7 Å². The van der Waals surface area contributed by atoms with Crippen molar-refractivity contribution in [1.29, 1.82) is 0 Å². The Hall–Kier alpha value is -2.26. The van der Waals surface area contributed by atoms with Crippen LogP contribution in [0.25, 0.3) is 0 Å². The molecule has 168 valence electrons. The second-order valence-electron chi connectivity index (χ2n) is 8.91. The van der Waals surface area contributed by atoms with Crippen molar-refractivity contribution in [3.8, 4) is 5.88 Å². The van der Waals surface area contributed by atoms with Gasteiger partial charge in [0.05, 0.1) is 12.2 Å². The Morgan fingerprint density at radius 3 is 2.77 bits per heavy atom. The van der Waals surface area contributed by atoms with Crippen molar-refractivity contribution in [2.75, 3.05) is 6.61 Å². The highest BCUT2D eigenvalue weighted by Crippen LogP contribution is 2.45. The topological polar surface area (TPSA) is 108 Å². The molecule has 0 radical (unpaired) electrons. The molecule has 0 amide bonds. The predicted octanol–water partition coefficient (Wildman–Crippen LogP) is 5.06. The second kappa shape index (κ2) is 9.48. The number of thiophene rings is 1. The van der Waals surface area contributed by atoms with Crippen LogP contribution in [-0.4, -0.2) is 33.9 Å². The van der Waals surface area contributed by atoms with E-state index in [1.165, 1.54) is 17.6 Å². The fraction of sp³-hybridized carbons (Fsp3) is 0.545. The van der Waals surface area contributed by atoms with Gasteiger partial charge in [-0.3, -0.25) is 9.78 Å². The maximum absolute atomic E-state index is 12.9. The van der Waals surface area contributed by atoms with E-state index in [1.807, 2.05) is 6.92 Å². The number of rotatable bonds is 6. The molecular weight excluding hydrogens is 434 g/mol. The van der Waals surface area contributed by atoms with Crippen LogP contribution in [0.2, 0.25) is 0 Å². The zero-order valence-corrected chi connectivity index (χ0v) is 20.0. The Balaban J connectivity index is 2.01. The molecule has 3 N–H and O–H groups in total. The Morgan fingerprint density at radius 1 is 1.39 bits per heavy atom. The Kier molecular flexibility index (Phi) is 7.16. The first-order valence-corrected chi connectivity index (χ1v) is 11.8. The number of fused-ring (bicyclic) bond motifs is 1. The highest BCUT2D eigenvalue weighted by molar-refractivity contribution is 7.71. The van der Waals surface area contributed by atoms with Crippen LogP contribution >= 0.6 is 23.6 Å². The molecule has 0 bridgehead atoms. The van der Waals surface area contributed by atoms with Crippen LogP contribution in [-0.2, 0) is 17.6 Å². The van der Waals surface area contributed by atoms with Gasteiger partial charge >= 0.3 is 5.97 Å². The maximum Gasteiger partial charge on any atom is 0.341 e. The number of nitrogens with one attached hydrogen (secondary N) is 2. The lowest BCUT2D eigenvalue weighted by molar-refractivity contribution is 0.0499. The summed E-state index contributed by atoms with van der Waals surface area (Å²) in [6.45, 7) is 9.12. The van der Waals surface area contributed by atoms with Gasteiger partial charge in [-0.25, -0.2) is 9.79 Å². The molecule has 1 aliphatic carbocycles. The van der Waals surface area contributed by atoms with Gasteiger partial charge in [0.2, 0.25) is 5.88 Å². The molecule has 0 spiro atoms. The van der Waals surface area contributed by atoms with Crippen molar-refractivity contribution in [3.63, 3.8) is 0 Å². The number of nitrogens with zero attached hydrogens (tertiary/aromatic N) is 1. The molecule has 0 aromatic carbocycles. The fourth-order valence-corrected chi connectivity index (χ4v) is 5.17. The fourth-order valence-electron chi connectivity index (χ4n) is 3.72. The first-order valence-electron chi connectivity index (χ1n) is 10.5. The van der Waals surface area contributed by atoms with Gasteiger partial charge in [0, 0.05) is 11.1 Å². The number of hydrogen-bond acceptors (Lipinski definition) is 7. The Bertz CT molecular complexity index is 1110. The Labute approximate surface area is 190 Å². The number of aromatic amines is 2. The summed E-state index contributed by atoms with van der Waals surface area (Å²) in [6, 6.07) is 0. The van der Waals surface area contributed by atoms with E-state index < -0.39 is 5.56 Å². The average molecular weight is 464 g/mol. The summed E-state index contributed by atoms with van der Waals surface area (Å²) in [5.74, 6) is -0.225. The number of carbonyl (C=O) groups is 1. The quantitative estimate of drug-likeness (QED) is 0.240. The lowest BCUT2D eigenvalue weighted by atomic mass is 9.72. The van der Waals surface area contributed by atoms with Gasteiger partial charge in [0.15, 0.2) is 4.77 Å². The Morgan fingerprint density at radius 2 is 2.13 bits per heavy atom. The number of carbonyl (C=O) groups excluding carboxylic acids is 1. The molecule has 2 aromatic rings. The van der Waals surface area contributed by atoms with Crippen molar-refractivity contribution in [1.82, 2.24) is 9.97 Å². The average Bonchev–Trinajstić information content (AvgIpc) is 3.04. The number of hydrogen-bond donors (Lipinski definition) is 3. The van der Waals surface area contributed by atoms with E-state index in [2.05, 4.69) is 35.7 Å². The molecule has 9 heteroatoms. The molecule has 1 atom stereocenters. The van der Waals surface area contributed by atoms with Gasteiger partial charge in [-0.15, -0.1) is 11.3 Å². The van der Waals surface area contributed by atoms with Crippen LogP contribution in [0.15, 0.2) is 9.79 Å². The van der Waals surface area contributed by atoms with Crippen LogP contribution in [0, 0.1) is 16.1 Å². The molecule has 31 heavy (non-hydrogen) atoms. The molecule has 1 aliphatic rings. The van der Waals surface area contributed by atoms with E-state index >= 15 is 0 Å². The molecule has 2 heterocycles. The first-order chi connectivity index (χ1) is 14.6. The summed E-state index contributed by atoms with van der Waals surface area (Å²) in [5, 5.41) is 10.5. The molecule has 0 fully saturated rings. The van der Waals surface area contributed by atoms with E-state index in [9.17, 15) is 14.7 Å². The minimum Gasteiger partial charge on any atom is -0.494 e. The molecule has 2 aromatic heterocycles. The van der Waals surface area contributed by atoms with Gasteiger partial charge < -0.3 is 14.8 Å². The first kappa shape index (κ1) is 23.4. The van der Waals surface area contributed by atoms with Crippen LogP contribution in [0.1, 0.15) is 73.3 Å². The number of H-pyrrole nitrogens is 2. The van der Waals surface area contributed by atoms with Gasteiger partial charge in [-0.05, 0) is 54.8 Å². The number of aromatic nitrogens is 2. The van der Waals surface area contributed by atoms with E-state index in [0.29, 0.717) is 23.1 Å². The lowest BCUT2D eigenvalue weighted by Crippen LogP contribution is -2.26. The zero-order valence-electron chi connectivity index (χ0n) is 18.3. The summed E-state index contributed by atoms with van der Waals surface area (Å²) < 4.78 is 5.53. The summed E-state index contributed by atoms with van der Waals surface area (Å²) in [4.78, 5) is 35.5. The summed E-state index contributed by atoms with van der Waals surface area (Å²) in [5.41, 5.74) is 1.07. The van der Waals surface area contributed by atoms with E-state index in [0.717, 1.165) is 42.5 Å². The third-order valence-corrected chi connectivity index (χ3v) is 7.04. The number of ether oxygens (including phenoxy) is 1. The van der Waals surface area contributed by atoms with Crippen molar-refractivity contribution in [2.45, 2.75) is 59.8 Å². The van der Waals surface area contributed by atoms with E-state index in [4.69, 9.17) is 17.0 Å². The second-order valence-corrected chi connectivity index (χ2v) is 10.4. The highest BCUT2D eigenvalue weighted by Gasteiger charge is 2.34. The SMILES string of the molecule is CCCCOC(=O)c1c(/N=C/c2c(O)[nH]c(=S)[nH]c2=O)sc2c1CCC(C(C)(C)C)C2. The molecule has 0 saturated heterocycles. The third-order valence-electron chi connectivity index (χ3n) is 5.68. The van der Waals surface area contributed by atoms with E-state index in [-0.39, 0.29) is 27.6 Å². The van der Waals surface area contributed by atoms with Crippen LogP contribution in [0.4, 0.5) is 5.00 Å². The van der Waals surface area contributed by atoms with Crippen molar-refractivity contribution in [2.24, 2.45) is 16.3 Å². The van der Waals surface area contributed by atoms with Gasteiger partial charge in [-0.1, -0.05) is 34.1 Å². The molecule has 0 aliphatic heterocycles. The molecule has 0 saturated carbocycles. The molecular formula is C22H29N3O4S2. The van der Waals surface area contributed by atoms with Gasteiger partial charge in [0.25, 0.3) is 5.56 Å². The summed E-state index contributed by atoms with van der Waals surface area (Å²) in [6.07, 6.45) is 5.69. The lowest BCUT2D eigenvalue weighted by Gasteiger charge is -2.33. The predicted molar refractivity (Wildman–Crippen MR) is 126 cm³/mol. The highest BCUT2D eigenvalue weighted by atomic mass is 32.1. The number of esters is 1. The standard InChI is InChI=1S/C22H29N3O4S2/c1-5-6-9-29-20(28)16-13-8-7-12(22(2,3)4)10-15(13)31-19(16)23-11-14-17(26)24-21(30)25-18(14)27/h11-12H,5-10H2,1-4H3,(H3,24,25,26,27,30)/b23-11+. The van der Waals surface area contributed by atoms with Gasteiger partial charge in [-0.2, -0.15) is 0 Å². The smallest absolute Gasteiger partial charge is 0.341 e. The molecule has 1 unspecified atom stereocenters. The molecule has 3 rings (SSSR count). The minimum absolute atomic E-state index is 0.0275.